The number of amides is 1. The minimum Gasteiger partial charge on any atom is -0.497 e. The molecule has 1 heterocycles. The van der Waals surface area contributed by atoms with Crippen LogP contribution in [0.1, 0.15) is 6.92 Å². The van der Waals surface area contributed by atoms with E-state index in [4.69, 9.17) is 9.47 Å². The number of benzene rings is 1. The molecule has 20 heavy (non-hydrogen) atoms. The molecule has 0 aliphatic carbocycles. The van der Waals surface area contributed by atoms with E-state index in [2.05, 4.69) is 26.6 Å². The summed E-state index contributed by atoms with van der Waals surface area (Å²) in [6.45, 7) is 3.86. The van der Waals surface area contributed by atoms with Crippen LogP contribution in [0.5, 0.6) is 5.75 Å². The number of carbonyl (C=O) groups is 1. The Morgan fingerprint density at radius 3 is 3.00 bits per heavy atom. The molecule has 2 rings (SSSR count). The first-order chi connectivity index (χ1) is 9.65. The highest BCUT2D eigenvalue weighted by molar-refractivity contribution is 9.10. The van der Waals surface area contributed by atoms with Crippen LogP contribution in [0.25, 0.3) is 0 Å². The largest absolute Gasteiger partial charge is 0.497 e. The molecule has 2 unspecified atom stereocenters. The summed E-state index contributed by atoms with van der Waals surface area (Å²) in [5.74, 6) is 0.491. The first-order valence-corrected chi connectivity index (χ1v) is 7.40. The summed E-state index contributed by atoms with van der Waals surface area (Å²) < 4.78 is 11.4. The molecule has 5 nitrogen and oxygen atoms in total. The lowest BCUT2D eigenvalue weighted by Gasteiger charge is -2.18. The Morgan fingerprint density at radius 2 is 2.30 bits per heavy atom. The van der Waals surface area contributed by atoms with Crippen LogP contribution in [0.15, 0.2) is 22.7 Å². The Hall–Kier alpha value is -1.11. The molecule has 6 heteroatoms. The number of likely N-dealkylation sites (N-methyl/N-ethyl adjacent to an activating group) is 1. The number of carbonyl (C=O) groups excluding carboxylic acids is 1. The van der Waals surface area contributed by atoms with E-state index in [1.807, 2.05) is 19.1 Å². The van der Waals surface area contributed by atoms with Crippen molar-refractivity contribution in [1.82, 2.24) is 5.32 Å². The average Bonchev–Trinajstić information content (AvgIpc) is 2.90. The van der Waals surface area contributed by atoms with Gasteiger partial charge in [-0.25, -0.2) is 0 Å². The molecule has 0 radical (unpaired) electrons. The molecule has 2 atom stereocenters. The lowest BCUT2D eigenvalue weighted by Crippen LogP contribution is -2.41. The van der Waals surface area contributed by atoms with E-state index in [1.165, 1.54) is 0 Å². The van der Waals surface area contributed by atoms with E-state index in [-0.39, 0.29) is 17.9 Å². The topological polar surface area (TPSA) is 59.6 Å². The summed E-state index contributed by atoms with van der Waals surface area (Å²) >= 11 is 3.43. The Balaban J connectivity index is 2.07. The van der Waals surface area contributed by atoms with E-state index < -0.39 is 0 Å². The Bertz CT molecular complexity index is 481. The first-order valence-electron chi connectivity index (χ1n) is 6.61. The zero-order valence-electron chi connectivity index (χ0n) is 11.6. The van der Waals surface area contributed by atoms with Gasteiger partial charge in [-0.2, -0.15) is 0 Å². The third kappa shape index (κ3) is 3.50. The van der Waals surface area contributed by atoms with Crippen molar-refractivity contribution < 1.29 is 14.3 Å². The smallest absolute Gasteiger partial charge is 0.231 e. The van der Waals surface area contributed by atoms with Crippen LogP contribution in [0.2, 0.25) is 0 Å². The second kappa shape index (κ2) is 7.06. The van der Waals surface area contributed by atoms with Crippen molar-refractivity contribution in [3.63, 3.8) is 0 Å². The van der Waals surface area contributed by atoms with Crippen molar-refractivity contribution in [3.05, 3.63) is 22.7 Å². The third-order valence-electron chi connectivity index (χ3n) is 3.32. The summed E-state index contributed by atoms with van der Waals surface area (Å²) in [5, 5.41) is 6.21. The van der Waals surface area contributed by atoms with Gasteiger partial charge in [-0.3, -0.25) is 4.79 Å². The number of anilines is 1. The third-order valence-corrected chi connectivity index (χ3v) is 4.01. The van der Waals surface area contributed by atoms with Crippen LogP contribution in [0, 0.1) is 5.92 Å². The number of hydrogen-bond donors (Lipinski definition) is 2. The molecule has 1 fully saturated rings. The number of halogens is 1. The summed E-state index contributed by atoms with van der Waals surface area (Å²) in [7, 11) is 1.60. The molecular weight excluding hydrogens is 324 g/mol. The van der Waals surface area contributed by atoms with E-state index in [1.54, 1.807) is 13.2 Å². The number of nitrogens with one attached hydrogen (secondary N) is 2. The fourth-order valence-electron chi connectivity index (χ4n) is 2.23. The van der Waals surface area contributed by atoms with Crippen LogP contribution in [-0.4, -0.2) is 38.8 Å². The number of rotatable bonds is 5. The Morgan fingerprint density at radius 1 is 1.50 bits per heavy atom. The van der Waals surface area contributed by atoms with Crippen LogP contribution in [0.3, 0.4) is 0 Å². The predicted octanol–water partition coefficient (Wildman–Crippen LogP) is 2.02. The maximum Gasteiger partial charge on any atom is 0.231 e. The van der Waals surface area contributed by atoms with Gasteiger partial charge in [0.1, 0.15) is 5.75 Å². The van der Waals surface area contributed by atoms with Gasteiger partial charge in [0.05, 0.1) is 31.9 Å². The SMILES string of the molecule is CCNC1COCC1C(=O)Nc1cc(OC)ccc1Br. The maximum atomic E-state index is 12.4. The average molecular weight is 343 g/mol. The summed E-state index contributed by atoms with van der Waals surface area (Å²) in [5.41, 5.74) is 0.705. The number of hydrogen-bond acceptors (Lipinski definition) is 4. The summed E-state index contributed by atoms with van der Waals surface area (Å²) in [6.07, 6.45) is 0. The van der Waals surface area contributed by atoms with Crippen molar-refractivity contribution in [3.8, 4) is 5.75 Å². The van der Waals surface area contributed by atoms with E-state index in [9.17, 15) is 4.79 Å². The molecule has 1 aliphatic heterocycles. The lowest BCUT2D eigenvalue weighted by atomic mass is 10.0. The Kier molecular flexibility index (Phi) is 5.39. The zero-order valence-corrected chi connectivity index (χ0v) is 13.2. The van der Waals surface area contributed by atoms with Gasteiger partial charge in [0.2, 0.25) is 5.91 Å². The molecule has 0 aromatic heterocycles. The van der Waals surface area contributed by atoms with Gasteiger partial charge in [0.25, 0.3) is 0 Å². The second-order valence-corrected chi connectivity index (χ2v) is 5.50. The lowest BCUT2D eigenvalue weighted by molar-refractivity contribution is -0.120. The fourth-order valence-corrected chi connectivity index (χ4v) is 2.57. The van der Waals surface area contributed by atoms with Crippen LogP contribution >= 0.6 is 15.9 Å². The first kappa shape index (κ1) is 15.3. The normalized spacial score (nSPS) is 21.8. The molecular formula is C14H19BrN2O3. The predicted molar refractivity (Wildman–Crippen MR) is 81.1 cm³/mol. The van der Waals surface area contributed by atoms with Gasteiger partial charge >= 0.3 is 0 Å². The van der Waals surface area contributed by atoms with Crippen molar-refractivity contribution in [2.45, 2.75) is 13.0 Å². The molecule has 0 spiro atoms. The highest BCUT2D eigenvalue weighted by atomic mass is 79.9. The van der Waals surface area contributed by atoms with Gasteiger partial charge in [0, 0.05) is 16.6 Å². The molecule has 0 saturated carbocycles. The standard InChI is InChI=1S/C14H19BrN2O3/c1-3-16-13-8-20-7-10(13)14(18)17-12-6-9(19-2)4-5-11(12)15/h4-6,10,13,16H,3,7-8H2,1-2H3,(H,17,18). The van der Waals surface area contributed by atoms with Gasteiger partial charge < -0.3 is 20.1 Å². The number of ether oxygens (including phenoxy) is 2. The summed E-state index contributed by atoms with van der Waals surface area (Å²) in [6, 6.07) is 5.55. The zero-order chi connectivity index (χ0) is 14.5. The van der Waals surface area contributed by atoms with Crippen LogP contribution in [-0.2, 0) is 9.53 Å². The Labute approximate surface area is 127 Å². The highest BCUT2D eigenvalue weighted by Gasteiger charge is 2.33. The quantitative estimate of drug-likeness (QED) is 0.859. The fraction of sp³-hybridized carbons (Fsp3) is 0.500. The second-order valence-electron chi connectivity index (χ2n) is 4.64. The molecule has 110 valence electrons. The van der Waals surface area contributed by atoms with Gasteiger partial charge in [-0.15, -0.1) is 0 Å². The maximum absolute atomic E-state index is 12.4. The molecule has 0 bridgehead atoms. The molecule has 2 N–H and O–H groups in total. The molecule has 1 amide bonds. The van der Waals surface area contributed by atoms with Crippen LogP contribution < -0.4 is 15.4 Å². The molecule has 1 aromatic rings. The molecule has 1 saturated heterocycles. The van der Waals surface area contributed by atoms with Gasteiger partial charge in [0.15, 0.2) is 0 Å². The van der Waals surface area contributed by atoms with Crippen molar-refractivity contribution >= 4 is 27.5 Å². The van der Waals surface area contributed by atoms with E-state index in [0.29, 0.717) is 24.7 Å². The van der Waals surface area contributed by atoms with Crippen molar-refractivity contribution in [2.75, 3.05) is 32.2 Å². The number of methoxy groups -OCH3 is 1. The van der Waals surface area contributed by atoms with Gasteiger partial charge in [-0.05, 0) is 34.6 Å². The highest BCUT2D eigenvalue weighted by Crippen LogP contribution is 2.28. The monoisotopic (exact) mass is 342 g/mol. The van der Waals surface area contributed by atoms with Crippen LogP contribution in [0.4, 0.5) is 5.69 Å². The molecule has 1 aromatic carbocycles. The minimum atomic E-state index is -0.173. The minimum absolute atomic E-state index is 0.0394. The van der Waals surface area contributed by atoms with Crippen molar-refractivity contribution in [1.29, 1.82) is 0 Å². The van der Waals surface area contributed by atoms with Crippen molar-refractivity contribution in [2.24, 2.45) is 5.92 Å². The molecule has 1 aliphatic rings. The summed E-state index contributed by atoms with van der Waals surface area (Å²) in [4.78, 5) is 12.4. The van der Waals surface area contributed by atoms with E-state index >= 15 is 0 Å². The van der Waals surface area contributed by atoms with Gasteiger partial charge in [-0.1, -0.05) is 6.92 Å². The van der Waals surface area contributed by atoms with E-state index in [0.717, 1.165) is 11.0 Å².